The summed E-state index contributed by atoms with van der Waals surface area (Å²) in [7, 11) is -3.79. The van der Waals surface area contributed by atoms with Crippen molar-refractivity contribution in [3.8, 4) is 11.5 Å². The number of nitrogens with one attached hydrogen (secondary N) is 1. The van der Waals surface area contributed by atoms with Crippen molar-refractivity contribution < 1.29 is 17.6 Å². The molecule has 2 aromatic rings. The Kier molecular flexibility index (Phi) is 3.74. The molecule has 2 fully saturated rings. The van der Waals surface area contributed by atoms with Crippen molar-refractivity contribution in [2.24, 2.45) is 5.92 Å². The Hall–Kier alpha value is -1.70. The Morgan fingerprint density at radius 2 is 2.00 bits per heavy atom. The minimum Gasteiger partial charge on any atom is -0.423 e. The molecule has 2 heterocycles. The molecule has 6 nitrogen and oxygen atoms in total. The fourth-order valence-electron chi connectivity index (χ4n) is 3.34. The highest BCUT2D eigenvalue weighted by Gasteiger charge is 2.50. The minimum atomic E-state index is -3.79. The normalized spacial score (nSPS) is 27.5. The Morgan fingerprint density at radius 3 is 2.71 bits per heavy atom. The second-order valence-electron chi connectivity index (χ2n) is 6.75. The van der Waals surface area contributed by atoms with E-state index in [0.717, 1.165) is 18.4 Å². The molecule has 1 saturated carbocycles. The third-order valence-electron chi connectivity index (χ3n) is 4.73. The van der Waals surface area contributed by atoms with Gasteiger partial charge in [-0.05, 0) is 44.2 Å². The summed E-state index contributed by atoms with van der Waals surface area (Å²) in [6.07, 6.45) is 4.05. The van der Waals surface area contributed by atoms with Crippen LogP contribution in [0.25, 0.3) is 11.5 Å². The summed E-state index contributed by atoms with van der Waals surface area (Å²) in [4.78, 5) is 4.10. The Balaban J connectivity index is 1.58. The number of hydrogen-bond donors (Lipinski definition) is 1. The van der Waals surface area contributed by atoms with Gasteiger partial charge in [0.15, 0.2) is 0 Å². The van der Waals surface area contributed by atoms with Gasteiger partial charge in [0, 0.05) is 12.2 Å². The molecule has 2 aliphatic rings. The molecule has 0 amide bonds. The first kappa shape index (κ1) is 15.8. The van der Waals surface area contributed by atoms with Crippen LogP contribution in [0.4, 0.5) is 0 Å². The largest absolute Gasteiger partial charge is 0.423 e. The molecule has 0 bridgehead atoms. The average molecular weight is 348 g/mol. The van der Waals surface area contributed by atoms with Crippen LogP contribution in [0.3, 0.4) is 0 Å². The van der Waals surface area contributed by atoms with Crippen LogP contribution in [0.1, 0.15) is 26.2 Å². The van der Waals surface area contributed by atoms with Crippen LogP contribution in [0.5, 0.6) is 0 Å². The van der Waals surface area contributed by atoms with Crippen LogP contribution in [0.15, 0.2) is 46.0 Å². The Bertz CT molecular complexity index is 829. The predicted octanol–water partition coefficient (Wildman–Crippen LogP) is 2.58. The first-order chi connectivity index (χ1) is 11.5. The van der Waals surface area contributed by atoms with Gasteiger partial charge in [-0.25, -0.2) is 13.4 Å². The maximum absolute atomic E-state index is 12.7. The zero-order valence-corrected chi connectivity index (χ0v) is 14.3. The second kappa shape index (κ2) is 5.68. The van der Waals surface area contributed by atoms with E-state index < -0.39 is 15.6 Å². The molecule has 1 aliphatic heterocycles. The van der Waals surface area contributed by atoms with E-state index in [1.54, 1.807) is 0 Å². The summed E-state index contributed by atoms with van der Waals surface area (Å²) in [6, 6.07) is 9.23. The summed E-state index contributed by atoms with van der Waals surface area (Å²) in [6.45, 7) is 2.49. The predicted molar refractivity (Wildman–Crippen MR) is 87.7 cm³/mol. The number of oxazole rings is 1. The fraction of sp³-hybridized carbons (Fsp3) is 0.471. The molecule has 0 spiro atoms. The van der Waals surface area contributed by atoms with E-state index in [0.29, 0.717) is 24.8 Å². The first-order valence-corrected chi connectivity index (χ1v) is 9.63. The lowest BCUT2D eigenvalue weighted by molar-refractivity contribution is 0.0628. The van der Waals surface area contributed by atoms with Gasteiger partial charge in [0.05, 0.1) is 17.8 Å². The molecule has 2 unspecified atom stereocenters. The molecule has 128 valence electrons. The highest BCUT2D eigenvalue weighted by molar-refractivity contribution is 7.89. The van der Waals surface area contributed by atoms with E-state index in [-0.39, 0.29) is 11.2 Å². The summed E-state index contributed by atoms with van der Waals surface area (Å²) in [5.74, 6) is 0.748. The molecule has 2 atom stereocenters. The molecule has 0 radical (unpaired) electrons. The third-order valence-corrected chi connectivity index (χ3v) is 6.19. The summed E-state index contributed by atoms with van der Waals surface area (Å²) < 4.78 is 39.5. The standard InChI is InChI=1S/C17H20N2O4S/c1-17(9-10-22-15(17)12-7-8-12)19-24(20,21)14-11-18-16(23-14)13-5-3-2-4-6-13/h2-6,11-12,15,19H,7-10H2,1H3. The van der Waals surface area contributed by atoms with Crippen LogP contribution in [0, 0.1) is 5.92 Å². The molecule has 4 rings (SSSR count). The van der Waals surface area contributed by atoms with Crippen molar-refractivity contribution in [3.63, 3.8) is 0 Å². The third kappa shape index (κ3) is 2.87. The highest BCUT2D eigenvalue weighted by Crippen LogP contribution is 2.43. The molecule has 1 saturated heterocycles. The number of benzene rings is 1. The SMILES string of the molecule is CC1(NS(=O)(=O)c2cnc(-c3ccccc3)o2)CCOC1C1CC1. The number of rotatable bonds is 5. The number of ether oxygens (including phenoxy) is 1. The van der Waals surface area contributed by atoms with Crippen LogP contribution in [-0.2, 0) is 14.8 Å². The van der Waals surface area contributed by atoms with Crippen LogP contribution >= 0.6 is 0 Å². The fourth-order valence-corrected chi connectivity index (χ4v) is 4.66. The van der Waals surface area contributed by atoms with E-state index in [4.69, 9.17) is 9.15 Å². The van der Waals surface area contributed by atoms with E-state index in [1.165, 1.54) is 6.20 Å². The van der Waals surface area contributed by atoms with Gasteiger partial charge in [-0.2, -0.15) is 4.72 Å². The summed E-state index contributed by atoms with van der Waals surface area (Å²) >= 11 is 0. The Morgan fingerprint density at radius 1 is 1.25 bits per heavy atom. The number of aromatic nitrogens is 1. The van der Waals surface area contributed by atoms with E-state index >= 15 is 0 Å². The van der Waals surface area contributed by atoms with Crippen molar-refractivity contribution in [2.45, 2.75) is 42.9 Å². The molecular formula is C17H20N2O4S. The molecule has 1 aliphatic carbocycles. The van der Waals surface area contributed by atoms with E-state index in [9.17, 15) is 8.42 Å². The van der Waals surface area contributed by atoms with Gasteiger partial charge < -0.3 is 9.15 Å². The van der Waals surface area contributed by atoms with Crippen molar-refractivity contribution in [3.05, 3.63) is 36.5 Å². The van der Waals surface area contributed by atoms with Crippen LogP contribution < -0.4 is 4.72 Å². The first-order valence-electron chi connectivity index (χ1n) is 8.15. The van der Waals surface area contributed by atoms with Gasteiger partial charge in [0.1, 0.15) is 0 Å². The molecular weight excluding hydrogens is 328 g/mol. The summed E-state index contributed by atoms with van der Waals surface area (Å²) in [5.41, 5.74) is 0.143. The van der Waals surface area contributed by atoms with E-state index in [2.05, 4.69) is 9.71 Å². The average Bonchev–Trinajstić information content (AvgIpc) is 3.12. The van der Waals surface area contributed by atoms with Gasteiger partial charge in [-0.15, -0.1) is 0 Å². The zero-order chi connectivity index (χ0) is 16.8. The lowest BCUT2D eigenvalue weighted by Gasteiger charge is -2.30. The van der Waals surface area contributed by atoms with Crippen molar-refractivity contribution >= 4 is 10.0 Å². The van der Waals surface area contributed by atoms with Gasteiger partial charge in [0.2, 0.25) is 5.89 Å². The second-order valence-corrected chi connectivity index (χ2v) is 8.37. The zero-order valence-electron chi connectivity index (χ0n) is 13.4. The topological polar surface area (TPSA) is 81.4 Å². The van der Waals surface area contributed by atoms with Gasteiger partial charge in [-0.1, -0.05) is 18.2 Å². The lowest BCUT2D eigenvalue weighted by atomic mass is 9.92. The number of sulfonamides is 1. The quantitative estimate of drug-likeness (QED) is 0.898. The summed E-state index contributed by atoms with van der Waals surface area (Å²) in [5, 5.41) is -0.163. The molecule has 1 N–H and O–H groups in total. The van der Waals surface area contributed by atoms with Crippen molar-refractivity contribution in [1.82, 2.24) is 9.71 Å². The van der Waals surface area contributed by atoms with Crippen molar-refractivity contribution in [2.75, 3.05) is 6.61 Å². The van der Waals surface area contributed by atoms with E-state index in [1.807, 2.05) is 37.3 Å². The van der Waals surface area contributed by atoms with Gasteiger partial charge in [-0.3, -0.25) is 0 Å². The van der Waals surface area contributed by atoms with Crippen LogP contribution in [-0.4, -0.2) is 31.7 Å². The maximum atomic E-state index is 12.7. The maximum Gasteiger partial charge on any atom is 0.276 e. The smallest absolute Gasteiger partial charge is 0.276 e. The molecule has 1 aromatic carbocycles. The highest BCUT2D eigenvalue weighted by atomic mass is 32.2. The molecule has 1 aromatic heterocycles. The van der Waals surface area contributed by atoms with Gasteiger partial charge >= 0.3 is 0 Å². The lowest BCUT2D eigenvalue weighted by Crippen LogP contribution is -2.52. The molecule has 7 heteroatoms. The van der Waals surface area contributed by atoms with Crippen LogP contribution in [0.2, 0.25) is 0 Å². The Labute approximate surface area is 141 Å². The minimum absolute atomic E-state index is 0.0659. The monoisotopic (exact) mass is 348 g/mol. The van der Waals surface area contributed by atoms with Gasteiger partial charge in [0.25, 0.3) is 15.1 Å². The number of hydrogen-bond acceptors (Lipinski definition) is 5. The van der Waals surface area contributed by atoms with Crippen molar-refractivity contribution in [1.29, 1.82) is 0 Å². The molecule has 24 heavy (non-hydrogen) atoms. The number of nitrogens with zero attached hydrogens (tertiary/aromatic N) is 1.